The lowest BCUT2D eigenvalue weighted by Crippen LogP contribution is -2.49. The summed E-state index contributed by atoms with van der Waals surface area (Å²) in [7, 11) is 0. The lowest BCUT2D eigenvalue weighted by atomic mass is 10.0. The Morgan fingerprint density at radius 1 is 1.26 bits per heavy atom. The Bertz CT molecular complexity index is 663. The Morgan fingerprint density at radius 3 is 2.57 bits per heavy atom. The summed E-state index contributed by atoms with van der Waals surface area (Å²) in [5, 5.41) is 16.7. The van der Waals surface area contributed by atoms with E-state index in [1.54, 1.807) is 0 Å². The maximum atomic E-state index is 12.2. The van der Waals surface area contributed by atoms with Gasteiger partial charge in [0, 0.05) is 23.0 Å². The van der Waals surface area contributed by atoms with Crippen LogP contribution < -0.4 is 10.6 Å². The number of fused-ring (bicyclic) bond motifs is 1. The van der Waals surface area contributed by atoms with Crippen molar-refractivity contribution < 1.29 is 14.7 Å². The highest BCUT2D eigenvalue weighted by atomic mass is 32.1. The second kappa shape index (κ2) is 7.57. The van der Waals surface area contributed by atoms with E-state index in [0.29, 0.717) is 0 Å². The summed E-state index contributed by atoms with van der Waals surface area (Å²) in [5.74, 6) is -0.556. The summed E-state index contributed by atoms with van der Waals surface area (Å²) in [6, 6.07) is 9.24. The lowest BCUT2D eigenvalue weighted by molar-refractivity contribution is -0.129. The molecule has 6 heteroatoms. The van der Waals surface area contributed by atoms with Crippen LogP contribution in [-0.4, -0.2) is 29.5 Å². The molecule has 0 aliphatic heterocycles. The summed E-state index contributed by atoms with van der Waals surface area (Å²) in [4.78, 5) is 24.2. The van der Waals surface area contributed by atoms with Crippen LogP contribution in [0, 0.1) is 5.92 Å². The molecule has 0 saturated heterocycles. The number of nitrogens with one attached hydrogen (secondary N) is 2. The predicted molar refractivity (Wildman–Crippen MR) is 92.2 cm³/mol. The Hall–Kier alpha value is -1.92. The maximum absolute atomic E-state index is 12.2. The third-order valence-electron chi connectivity index (χ3n) is 3.55. The summed E-state index contributed by atoms with van der Waals surface area (Å²) in [6.45, 7) is 5.23. The Labute approximate surface area is 139 Å². The van der Waals surface area contributed by atoms with Crippen molar-refractivity contribution in [1.82, 2.24) is 10.6 Å². The van der Waals surface area contributed by atoms with Crippen molar-refractivity contribution in [2.45, 2.75) is 32.9 Å². The fourth-order valence-corrected chi connectivity index (χ4v) is 3.38. The van der Waals surface area contributed by atoms with Crippen LogP contribution in [0.1, 0.15) is 31.8 Å². The van der Waals surface area contributed by atoms with E-state index >= 15 is 0 Å². The summed E-state index contributed by atoms with van der Waals surface area (Å²) in [6.07, 6.45) is -0.763. The van der Waals surface area contributed by atoms with E-state index in [4.69, 9.17) is 0 Å². The van der Waals surface area contributed by atoms with E-state index in [-0.39, 0.29) is 24.3 Å². The SMILES string of the molecule is CC(=O)NC(C(=O)NCC(O)c1cc2ccccc2s1)C(C)C. The molecule has 5 nitrogen and oxygen atoms in total. The zero-order valence-corrected chi connectivity index (χ0v) is 14.3. The van der Waals surface area contributed by atoms with Crippen LogP contribution in [0.5, 0.6) is 0 Å². The highest BCUT2D eigenvalue weighted by molar-refractivity contribution is 7.19. The van der Waals surface area contributed by atoms with Crippen LogP contribution in [0.15, 0.2) is 30.3 Å². The number of aliphatic hydroxyl groups is 1. The van der Waals surface area contributed by atoms with E-state index in [1.807, 2.05) is 44.2 Å². The number of carbonyl (C=O) groups excluding carboxylic acids is 2. The fourth-order valence-electron chi connectivity index (χ4n) is 2.33. The molecule has 2 atom stereocenters. The van der Waals surface area contributed by atoms with Crippen LogP contribution in [0.3, 0.4) is 0 Å². The zero-order chi connectivity index (χ0) is 17.0. The van der Waals surface area contributed by atoms with Gasteiger partial charge in [0.1, 0.15) is 12.1 Å². The molecule has 1 aromatic heterocycles. The molecule has 0 spiro atoms. The van der Waals surface area contributed by atoms with Crippen molar-refractivity contribution in [3.05, 3.63) is 35.2 Å². The van der Waals surface area contributed by atoms with Gasteiger partial charge in [-0.2, -0.15) is 0 Å². The minimum absolute atomic E-state index is 0.0274. The number of amides is 2. The molecular weight excluding hydrogens is 312 g/mol. The summed E-state index contributed by atoms with van der Waals surface area (Å²) < 4.78 is 1.10. The third-order valence-corrected chi connectivity index (χ3v) is 4.77. The number of hydrogen-bond donors (Lipinski definition) is 3. The van der Waals surface area contributed by atoms with Gasteiger partial charge in [0.05, 0.1) is 0 Å². The molecule has 0 fully saturated rings. The molecule has 2 unspecified atom stereocenters. The van der Waals surface area contributed by atoms with Crippen LogP contribution in [-0.2, 0) is 9.59 Å². The van der Waals surface area contributed by atoms with Crippen LogP contribution in [0.25, 0.3) is 10.1 Å². The first-order chi connectivity index (χ1) is 10.9. The second-order valence-corrected chi connectivity index (χ2v) is 6.99. The molecule has 1 aromatic carbocycles. The van der Waals surface area contributed by atoms with Crippen molar-refractivity contribution in [3.8, 4) is 0 Å². The normalized spacial score (nSPS) is 13.8. The number of benzene rings is 1. The minimum atomic E-state index is -0.763. The van der Waals surface area contributed by atoms with Crippen molar-refractivity contribution in [3.63, 3.8) is 0 Å². The molecule has 0 saturated carbocycles. The standard InChI is InChI=1S/C17H22N2O3S/c1-10(2)16(19-11(3)20)17(22)18-9-13(21)15-8-12-6-4-5-7-14(12)23-15/h4-8,10,13,16,21H,9H2,1-3H3,(H,18,22)(H,19,20). The van der Waals surface area contributed by atoms with Crippen molar-refractivity contribution in [2.75, 3.05) is 6.54 Å². The van der Waals surface area contributed by atoms with Crippen LogP contribution >= 0.6 is 11.3 Å². The molecule has 2 aromatic rings. The molecule has 2 rings (SSSR count). The number of carbonyl (C=O) groups is 2. The number of rotatable bonds is 6. The Kier molecular flexibility index (Phi) is 5.74. The number of thiophene rings is 1. The van der Waals surface area contributed by atoms with E-state index in [1.165, 1.54) is 18.3 Å². The van der Waals surface area contributed by atoms with E-state index in [2.05, 4.69) is 10.6 Å². The first kappa shape index (κ1) is 17.4. The van der Waals surface area contributed by atoms with Crippen molar-refractivity contribution in [2.24, 2.45) is 5.92 Å². The van der Waals surface area contributed by atoms with Gasteiger partial charge in [-0.15, -0.1) is 11.3 Å². The molecule has 2 amide bonds. The van der Waals surface area contributed by atoms with E-state index in [9.17, 15) is 14.7 Å². The highest BCUT2D eigenvalue weighted by Crippen LogP contribution is 2.29. The molecule has 0 aliphatic rings. The minimum Gasteiger partial charge on any atom is -0.386 e. The summed E-state index contributed by atoms with van der Waals surface area (Å²) in [5.41, 5.74) is 0. The first-order valence-electron chi connectivity index (χ1n) is 7.60. The number of aliphatic hydroxyl groups excluding tert-OH is 1. The van der Waals surface area contributed by atoms with Gasteiger partial charge in [0.2, 0.25) is 11.8 Å². The third kappa shape index (κ3) is 4.53. The molecule has 0 bridgehead atoms. The Morgan fingerprint density at radius 2 is 1.96 bits per heavy atom. The monoisotopic (exact) mass is 334 g/mol. The molecule has 1 heterocycles. The first-order valence-corrected chi connectivity index (χ1v) is 8.41. The predicted octanol–water partition coefficient (Wildman–Crippen LogP) is 2.21. The number of hydrogen-bond acceptors (Lipinski definition) is 4. The molecule has 0 aliphatic carbocycles. The van der Waals surface area contributed by atoms with Crippen molar-refractivity contribution >= 4 is 33.2 Å². The topological polar surface area (TPSA) is 78.4 Å². The largest absolute Gasteiger partial charge is 0.386 e. The average Bonchev–Trinajstić information content (AvgIpc) is 2.93. The Balaban J connectivity index is 1.98. The van der Waals surface area contributed by atoms with E-state index in [0.717, 1.165) is 15.0 Å². The van der Waals surface area contributed by atoms with Crippen LogP contribution in [0.4, 0.5) is 0 Å². The fraction of sp³-hybridized carbons (Fsp3) is 0.412. The van der Waals surface area contributed by atoms with Crippen LogP contribution in [0.2, 0.25) is 0 Å². The molecule has 0 radical (unpaired) electrons. The lowest BCUT2D eigenvalue weighted by Gasteiger charge is -2.21. The quantitative estimate of drug-likeness (QED) is 0.758. The van der Waals surface area contributed by atoms with Gasteiger partial charge in [-0.25, -0.2) is 0 Å². The van der Waals surface area contributed by atoms with Crippen molar-refractivity contribution in [1.29, 1.82) is 0 Å². The molecule has 3 N–H and O–H groups in total. The highest BCUT2D eigenvalue weighted by Gasteiger charge is 2.23. The maximum Gasteiger partial charge on any atom is 0.242 e. The van der Waals surface area contributed by atoms with Gasteiger partial charge in [0.25, 0.3) is 0 Å². The molecule has 23 heavy (non-hydrogen) atoms. The van der Waals surface area contributed by atoms with Gasteiger partial charge in [-0.1, -0.05) is 32.0 Å². The molecule has 124 valence electrons. The van der Waals surface area contributed by atoms with Gasteiger partial charge in [0.15, 0.2) is 0 Å². The second-order valence-electron chi connectivity index (χ2n) is 5.87. The van der Waals surface area contributed by atoms with Gasteiger partial charge < -0.3 is 15.7 Å². The van der Waals surface area contributed by atoms with Gasteiger partial charge in [-0.05, 0) is 23.4 Å². The summed E-state index contributed by atoms with van der Waals surface area (Å²) >= 11 is 1.51. The smallest absolute Gasteiger partial charge is 0.242 e. The van der Waals surface area contributed by atoms with Gasteiger partial charge >= 0.3 is 0 Å². The average molecular weight is 334 g/mol. The van der Waals surface area contributed by atoms with E-state index < -0.39 is 12.1 Å². The zero-order valence-electron chi connectivity index (χ0n) is 13.5. The molecular formula is C17H22N2O3S. The van der Waals surface area contributed by atoms with Gasteiger partial charge in [-0.3, -0.25) is 9.59 Å².